The number of amides is 1. The number of hydrogen-bond donors (Lipinski definition) is 1. The van der Waals surface area contributed by atoms with Crippen molar-refractivity contribution in [3.63, 3.8) is 0 Å². The van der Waals surface area contributed by atoms with Crippen molar-refractivity contribution in [2.24, 2.45) is 4.99 Å². The lowest BCUT2D eigenvalue weighted by Crippen LogP contribution is -2.18. The zero-order valence-corrected chi connectivity index (χ0v) is 13.0. The number of nitrogens with zero attached hydrogens (tertiary/aromatic N) is 1. The van der Waals surface area contributed by atoms with Crippen LogP contribution in [0, 0.1) is 0 Å². The van der Waals surface area contributed by atoms with Gasteiger partial charge in [0, 0.05) is 0 Å². The number of carbonyl (C=O) groups is 1. The largest absolute Gasteiger partial charge is 0.416 e. The van der Waals surface area contributed by atoms with Gasteiger partial charge in [-0.2, -0.15) is 13.2 Å². The van der Waals surface area contributed by atoms with Crippen molar-refractivity contribution in [1.29, 1.82) is 0 Å². The molecular weight excluding hydrogens is 337 g/mol. The molecule has 1 heterocycles. The SMILES string of the molecule is O=C1NC(=Nc2cccc(C(F)(F)F)c2)/C(=C/c2ccccc2)S1. The van der Waals surface area contributed by atoms with Gasteiger partial charge in [0.2, 0.25) is 0 Å². The number of thioether (sulfide) groups is 1. The Kier molecular flexibility index (Phi) is 4.44. The van der Waals surface area contributed by atoms with Gasteiger partial charge in [0.05, 0.1) is 16.2 Å². The van der Waals surface area contributed by atoms with E-state index in [1.807, 2.05) is 30.3 Å². The summed E-state index contributed by atoms with van der Waals surface area (Å²) in [5, 5.41) is 2.24. The summed E-state index contributed by atoms with van der Waals surface area (Å²) in [5.41, 5.74) is 0.213. The number of hydrogen-bond acceptors (Lipinski definition) is 3. The van der Waals surface area contributed by atoms with Gasteiger partial charge in [-0.15, -0.1) is 0 Å². The van der Waals surface area contributed by atoms with Crippen molar-refractivity contribution in [2.45, 2.75) is 6.18 Å². The topological polar surface area (TPSA) is 41.5 Å². The third-order valence-corrected chi connectivity index (χ3v) is 3.99. The zero-order valence-electron chi connectivity index (χ0n) is 12.2. The number of amidine groups is 1. The molecule has 7 heteroatoms. The standard InChI is InChI=1S/C17H11F3N2OS/c18-17(19,20)12-7-4-8-13(10-12)21-15-14(24-16(23)22-15)9-11-5-2-1-3-6-11/h1-10H,(H,21,22,23)/b14-9-. The molecule has 2 aromatic rings. The first-order valence-electron chi connectivity index (χ1n) is 6.94. The zero-order chi connectivity index (χ0) is 17.2. The monoisotopic (exact) mass is 348 g/mol. The fourth-order valence-corrected chi connectivity index (χ4v) is 2.83. The Morgan fingerprint density at radius 3 is 2.50 bits per heavy atom. The number of nitrogens with one attached hydrogen (secondary N) is 1. The minimum Gasteiger partial charge on any atom is -0.300 e. The number of carbonyl (C=O) groups excluding carboxylic acids is 1. The molecule has 0 aliphatic carbocycles. The lowest BCUT2D eigenvalue weighted by Gasteiger charge is -2.07. The molecule has 0 spiro atoms. The molecule has 2 aromatic carbocycles. The Bertz CT molecular complexity index is 829. The smallest absolute Gasteiger partial charge is 0.300 e. The van der Waals surface area contributed by atoms with E-state index >= 15 is 0 Å². The molecule has 0 unspecified atom stereocenters. The average Bonchev–Trinajstić information content (AvgIpc) is 2.87. The first-order valence-corrected chi connectivity index (χ1v) is 7.75. The maximum absolute atomic E-state index is 12.8. The van der Waals surface area contributed by atoms with Gasteiger partial charge in [-0.3, -0.25) is 4.79 Å². The summed E-state index contributed by atoms with van der Waals surface area (Å²) in [7, 11) is 0. The molecule has 122 valence electrons. The highest BCUT2D eigenvalue weighted by molar-refractivity contribution is 8.18. The molecule has 1 amide bonds. The number of benzene rings is 2. The molecule has 1 aliphatic heterocycles. The van der Waals surface area contributed by atoms with Crippen LogP contribution in [0.4, 0.5) is 23.7 Å². The third kappa shape index (κ3) is 3.86. The van der Waals surface area contributed by atoms with Crippen molar-refractivity contribution >= 4 is 34.6 Å². The van der Waals surface area contributed by atoms with Gasteiger partial charge in [-0.1, -0.05) is 36.4 Å². The van der Waals surface area contributed by atoms with Gasteiger partial charge >= 0.3 is 6.18 Å². The van der Waals surface area contributed by atoms with Crippen LogP contribution < -0.4 is 5.32 Å². The molecule has 24 heavy (non-hydrogen) atoms. The molecule has 0 bridgehead atoms. The summed E-state index contributed by atoms with van der Waals surface area (Å²) in [5.74, 6) is 0.244. The third-order valence-electron chi connectivity index (χ3n) is 3.17. The highest BCUT2D eigenvalue weighted by atomic mass is 32.2. The molecule has 0 atom stereocenters. The summed E-state index contributed by atoms with van der Waals surface area (Å²) >= 11 is 0.956. The molecule has 3 nitrogen and oxygen atoms in total. The summed E-state index contributed by atoms with van der Waals surface area (Å²) in [6, 6.07) is 14.0. The Morgan fingerprint density at radius 2 is 1.79 bits per heavy atom. The van der Waals surface area contributed by atoms with Gasteiger partial charge in [0.15, 0.2) is 0 Å². The van der Waals surface area contributed by atoms with Crippen molar-refractivity contribution < 1.29 is 18.0 Å². The first kappa shape index (κ1) is 16.3. The predicted molar refractivity (Wildman–Crippen MR) is 89.1 cm³/mol. The van der Waals surface area contributed by atoms with Crippen molar-refractivity contribution in [1.82, 2.24) is 5.32 Å². The summed E-state index contributed by atoms with van der Waals surface area (Å²) < 4.78 is 38.3. The van der Waals surface area contributed by atoms with Crippen molar-refractivity contribution in [3.8, 4) is 0 Å². The van der Waals surface area contributed by atoms with Crippen LogP contribution in [-0.4, -0.2) is 11.1 Å². The Hall–Kier alpha value is -2.54. The van der Waals surface area contributed by atoms with E-state index in [-0.39, 0.29) is 16.8 Å². The van der Waals surface area contributed by atoms with E-state index in [4.69, 9.17) is 0 Å². The summed E-state index contributed by atoms with van der Waals surface area (Å²) in [4.78, 5) is 16.3. The normalized spacial score (nSPS) is 18.2. The molecule has 0 aromatic heterocycles. The fourth-order valence-electron chi connectivity index (χ4n) is 2.09. The van der Waals surface area contributed by atoms with E-state index in [0.717, 1.165) is 29.5 Å². The minimum atomic E-state index is -4.44. The average molecular weight is 348 g/mol. The fraction of sp³-hybridized carbons (Fsp3) is 0.0588. The van der Waals surface area contributed by atoms with E-state index in [1.54, 1.807) is 6.08 Å². The molecule has 0 radical (unpaired) electrons. The van der Waals surface area contributed by atoms with Crippen LogP contribution in [0.5, 0.6) is 0 Å². The van der Waals surface area contributed by atoms with E-state index < -0.39 is 11.7 Å². The van der Waals surface area contributed by atoms with Crippen molar-refractivity contribution in [2.75, 3.05) is 0 Å². The van der Waals surface area contributed by atoms with Crippen LogP contribution in [-0.2, 0) is 6.18 Å². The number of aliphatic imine (C=N–C) groups is 1. The van der Waals surface area contributed by atoms with Gasteiger partial charge < -0.3 is 5.32 Å². The van der Waals surface area contributed by atoms with E-state index in [9.17, 15) is 18.0 Å². The minimum absolute atomic E-state index is 0.126. The molecular formula is C17H11F3N2OS. The summed E-state index contributed by atoms with van der Waals surface area (Å²) in [6.45, 7) is 0. The maximum atomic E-state index is 12.8. The van der Waals surface area contributed by atoms with E-state index in [2.05, 4.69) is 10.3 Å². The second kappa shape index (κ2) is 6.52. The maximum Gasteiger partial charge on any atom is 0.416 e. The Balaban J connectivity index is 1.96. The quantitative estimate of drug-likeness (QED) is 0.807. The highest BCUT2D eigenvalue weighted by Gasteiger charge is 2.30. The van der Waals surface area contributed by atoms with Gasteiger partial charge in [0.1, 0.15) is 5.84 Å². The molecule has 1 aliphatic rings. The van der Waals surface area contributed by atoms with Gasteiger partial charge in [-0.25, -0.2) is 4.99 Å². The number of rotatable bonds is 2. The number of halogens is 3. The van der Waals surface area contributed by atoms with Crippen LogP contribution in [0.2, 0.25) is 0 Å². The predicted octanol–water partition coefficient (Wildman–Crippen LogP) is 5.23. The molecule has 3 rings (SSSR count). The Morgan fingerprint density at radius 1 is 1.04 bits per heavy atom. The van der Waals surface area contributed by atoms with Crippen LogP contribution in [0.1, 0.15) is 11.1 Å². The van der Waals surface area contributed by atoms with Crippen molar-refractivity contribution in [3.05, 3.63) is 70.6 Å². The van der Waals surface area contributed by atoms with Crippen LogP contribution >= 0.6 is 11.8 Å². The molecule has 1 saturated heterocycles. The molecule has 1 fully saturated rings. The van der Waals surface area contributed by atoms with Crippen LogP contribution in [0.3, 0.4) is 0 Å². The first-order chi connectivity index (χ1) is 11.4. The highest BCUT2D eigenvalue weighted by Crippen LogP contribution is 2.33. The Labute approximate surface area is 140 Å². The van der Waals surface area contributed by atoms with Crippen LogP contribution in [0.25, 0.3) is 6.08 Å². The van der Waals surface area contributed by atoms with Gasteiger partial charge in [0.25, 0.3) is 5.24 Å². The lowest BCUT2D eigenvalue weighted by molar-refractivity contribution is -0.137. The second-order valence-electron chi connectivity index (χ2n) is 4.94. The number of alkyl halides is 3. The molecule has 1 N–H and O–H groups in total. The van der Waals surface area contributed by atoms with Crippen LogP contribution in [0.15, 0.2) is 64.5 Å². The summed E-state index contributed by atoms with van der Waals surface area (Å²) in [6.07, 6.45) is -2.68. The lowest BCUT2D eigenvalue weighted by atomic mass is 10.2. The van der Waals surface area contributed by atoms with E-state index in [1.165, 1.54) is 12.1 Å². The molecule has 0 saturated carbocycles. The second-order valence-corrected chi connectivity index (χ2v) is 5.96. The van der Waals surface area contributed by atoms with E-state index in [0.29, 0.717) is 4.91 Å². The van der Waals surface area contributed by atoms with Gasteiger partial charge in [-0.05, 0) is 41.6 Å².